The third-order valence-electron chi connectivity index (χ3n) is 5.37. The van der Waals surface area contributed by atoms with E-state index in [2.05, 4.69) is 15.4 Å². The van der Waals surface area contributed by atoms with Crippen LogP contribution in [0.5, 0.6) is 0 Å². The van der Waals surface area contributed by atoms with Crippen LogP contribution in [0.25, 0.3) is 0 Å². The zero-order valence-electron chi connectivity index (χ0n) is 22.6. The highest BCUT2D eigenvalue weighted by atomic mass is 35.6. The second kappa shape index (κ2) is 12.5. The molecular weight excluding hydrogens is 643 g/mol. The van der Waals surface area contributed by atoms with E-state index in [0.29, 0.717) is 0 Å². The van der Waals surface area contributed by atoms with E-state index in [4.69, 9.17) is 44.3 Å². The molecule has 1 aromatic rings. The van der Waals surface area contributed by atoms with Crippen molar-refractivity contribution in [3.63, 3.8) is 0 Å². The molecule has 12 nitrogen and oxygen atoms in total. The Labute approximate surface area is 256 Å². The molecule has 3 N–H and O–H groups in total. The first-order chi connectivity index (χ1) is 18.7. The molecule has 3 rings (SSSR count). The van der Waals surface area contributed by atoms with Gasteiger partial charge in [-0.3, -0.25) is 19.2 Å². The second-order valence-corrected chi connectivity index (χ2v) is 16.0. The van der Waals surface area contributed by atoms with Gasteiger partial charge >= 0.3 is 12.1 Å². The first kappa shape index (κ1) is 33.1. The number of anilines is 1. The zero-order valence-corrected chi connectivity index (χ0v) is 26.5. The number of alkyl carbamates (subject to hydrolysis) is 1. The van der Waals surface area contributed by atoms with Crippen LogP contribution in [0.15, 0.2) is 36.0 Å². The molecule has 2 aliphatic rings. The maximum Gasteiger partial charge on any atom is 0.408 e. The number of nitrogens with zero attached hydrogens (tertiary/aromatic N) is 1. The number of hydrogen-bond donors (Lipinski definition) is 3. The number of rotatable bonds is 8. The third-order valence-corrected chi connectivity index (χ3v) is 7.63. The summed E-state index contributed by atoms with van der Waals surface area (Å²) in [7, 11) is -3.63. The molecule has 1 saturated heterocycles. The first-order valence-corrected chi connectivity index (χ1v) is 16.0. The molecular formula is C24H29Cl3N4O8S2. The molecule has 17 heteroatoms. The number of thioether (sulfide) groups is 1. The Morgan fingerprint density at radius 3 is 2.41 bits per heavy atom. The molecule has 41 heavy (non-hydrogen) atoms. The zero-order chi connectivity index (χ0) is 30.9. The number of fused-ring (bicyclic) bond motifs is 1. The van der Waals surface area contributed by atoms with E-state index in [0.717, 1.165) is 6.26 Å². The molecule has 3 amide bonds. The minimum absolute atomic E-state index is 0.0472. The molecule has 2 aliphatic heterocycles. The Kier molecular flexibility index (Phi) is 10.1. The van der Waals surface area contributed by atoms with E-state index in [1.54, 1.807) is 27.7 Å². The van der Waals surface area contributed by atoms with E-state index in [9.17, 15) is 27.6 Å². The highest BCUT2D eigenvalue weighted by Crippen LogP contribution is 2.41. The number of hydrogen-bond acceptors (Lipinski definition) is 9. The molecule has 2 heterocycles. The van der Waals surface area contributed by atoms with Gasteiger partial charge < -0.3 is 20.1 Å². The Hall–Kier alpha value is -2.39. The topological polar surface area (TPSA) is 160 Å². The van der Waals surface area contributed by atoms with Crippen molar-refractivity contribution in [2.45, 2.75) is 59.8 Å². The molecule has 0 bridgehead atoms. The van der Waals surface area contributed by atoms with Crippen LogP contribution in [0.1, 0.15) is 39.3 Å². The smallest absolute Gasteiger partial charge is 0.408 e. The van der Waals surface area contributed by atoms with Crippen LogP contribution >= 0.6 is 46.6 Å². The van der Waals surface area contributed by atoms with Crippen molar-refractivity contribution in [3.8, 4) is 0 Å². The van der Waals surface area contributed by atoms with E-state index >= 15 is 0 Å². The van der Waals surface area contributed by atoms with Crippen LogP contribution in [0.4, 0.5) is 10.5 Å². The summed E-state index contributed by atoms with van der Waals surface area (Å²) >= 11 is 18.3. The normalized spacial score (nSPS) is 21.5. The number of carbonyl (C=O) groups excluding carboxylic acids is 4. The number of β-lactam (4-membered cyclic amide) rings is 1. The first-order valence-electron chi connectivity index (χ1n) is 12.1. The third kappa shape index (κ3) is 9.30. The van der Waals surface area contributed by atoms with Crippen LogP contribution in [0.3, 0.4) is 0 Å². The monoisotopic (exact) mass is 670 g/mol. The van der Waals surface area contributed by atoms with Gasteiger partial charge in [-0.2, -0.15) is 0 Å². The molecule has 0 spiro atoms. The Morgan fingerprint density at radius 2 is 1.83 bits per heavy atom. The Bertz CT molecular complexity index is 1360. The van der Waals surface area contributed by atoms with Crippen molar-refractivity contribution < 1.29 is 37.1 Å². The predicted octanol–water partition coefficient (Wildman–Crippen LogP) is 3.21. The second-order valence-electron chi connectivity index (χ2n) is 10.2. The van der Waals surface area contributed by atoms with E-state index in [-0.39, 0.29) is 22.2 Å². The van der Waals surface area contributed by atoms with Gasteiger partial charge in [0.25, 0.3) is 5.91 Å². The fraction of sp³-hybridized carbons (Fsp3) is 0.500. The van der Waals surface area contributed by atoms with Crippen molar-refractivity contribution in [1.29, 1.82) is 0 Å². The number of esters is 1. The van der Waals surface area contributed by atoms with Crippen LogP contribution in [-0.2, 0) is 33.9 Å². The van der Waals surface area contributed by atoms with Crippen LogP contribution in [0.2, 0.25) is 0 Å². The van der Waals surface area contributed by atoms with Crippen LogP contribution in [0, 0.1) is 0 Å². The molecule has 3 unspecified atom stereocenters. The molecule has 1 fully saturated rings. The van der Waals surface area contributed by atoms with Crippen molar-refractivity contribution >= 4 is 86.2 Å². The molecule has 0 saturated carbocycles. The number of amides is 3. The number of benzene rings is 1. The summed E-state index contributed by atoms with van der Waals surface area (Å²) < 4.78 is 34.2. The van der Waals surface area contributed by atoms with Gasteiger partial charge in [0.1, 0.15) is 35.4 Å². The van der Waals surface area contributed by atoms with Crippen molar-refractivity contribution in [2.24, 2.45) is 0 Å². The molecule has 0 aliphatic carbocycles. The van der Waals surface area contributed by atoms with Gasteiger partial charge in [-0.05, 0) is 51.5 Å². The molecule has 1 aromatic carbocycles. The summed E-state index contributed by atoms with van der Waals surface area (Å²) in [6, 6.07) is 3.41. The standard InChI is InChI=1S/C24H29Cl3N4O8S2/c1-12-9-15(21(34)38-11-24(25,26)27)31-19(33)17(20(31)40-12)28-18(32)16(29-22(35)39-23(2,3)4)13-7-6-8-14(10-13)30-41(5,36)37/h6-10,12,16-17,20,30H,11H2,1-5H3,(H,28,32)(H,29,35)/t12?,16?,17?,20-/m1/s1. The quantitative estimate of drug-likeness (QED) is 0.214. The molecule has 4 atom stereocenters. The van der Waals surface area contributed by atoms with E-state index < -0.39 is 67.4 Å². The Morgan fingerprint density at radius 1 is 1.17 bits per heavy atom. The van der Waals surface area contributed by atoms with Gasteiger partial charge in [-0.15, -0.1) is 11.8 Å². The minimum atomic E-state index is -3.63. The lowest BCUT2D eigenvalue weighted by Gasteiger charge is -2.50. The number of sulfonamides is 1. The number of ether oxygens (including phenoxy) is 2. The lowest BCUT2D eigenvalue weighted by molar-refractivity contribution is -0.153. The highest BCUT2D eigenvalue weighted by molar-refractivity contribution is 8.00. The molecule has 0 aromatic heterocycles. The fourth-order valence-corrected chi connectivity index (χ4v) is 5.95. The average molecular weight is 672 g/mol. The summed E-state index contributed by atoms with van der Waals surface area (Å²) in [4.78, 5) is 53.1. The van der Waals surface area contributed by atoms with Crippen molar-refractivity contribution in [3.05, 3.63) is 41.6 Å². The maximum absolute atomic E-state index is 13.5. The van der Waals surface area contributed by atoms with Gasteiger partial charge in [0.2, 0.25) is 19.7 Å². The van der Waals surface area contributed by atoms with Crippen LogP contribution < -0.4 is 15.4 Å². The summed E-state index contributed by atoms with van der Waals surface area (Å²) in [5, 5.41) is 4.21. The van der Waals surface area contributed by atoms with Crippen molar-refractivity contribution in [2.75, 3.05) is 17.6 Å². The lowest BCUT2D eigenvalue weighted by atomic mass is 10.0. The number of nitrogens with one attached hydrogen (secondary N) is 3. The summed E-state index contributed by atoms with van der Waals surface area (Å²) in [5.74, 6) is -2.23. The highest BCUT2D eigenvalue weighted by Gasteiger charge is 2.54. The minimum Gasteiger partial charge on any atom is -0.456 e. The summed E-state index contributed by atoms with van der Waals surface area (Å²) in [6.45, 7) is 6.19. The Balaban J connectivity index is 1.83. The number of alkyl halides is 3. The van der Waals surface area contributed by atoms with E-state index in [1.165, 1.54) is 47.0 Å². The van der Waals surface area contributed by atoms with Gasteiger partial charge in [0, 0.05) is 10.9 Å². The number of halogens is 3. The van der Waals surface area contributed by atoms with Gasteiger partial charge in [0.05, 0.1) is 6.26 Å². The maximum atomic E-state index is 13.5. The largest absolute Gasteiger partial charge is 0.456 e. The number of carbonyl (C=O) groups is 4. The molecule has 0 radical (unpaired) electrons. The predicted molar refractivity (Wildman–Crippen MR) is 156 cm³/mol. The van der Waals surface area contributed by atoms with Gasteiger partial charge in [0.15, 0.2) is 0 Å². The van der Waals surface area contributed by atoms with Gasteiger partial charge in [-0.25, -0.2) is 18.0 Å². The molecule has 226 valence electrons. The lowest BCUT2D eigenvalue weighted by Crippen LogP contribution is -2.71. The van der Waals surface area contributed by atoms with Crippen LogP contribution in [-0.4, -0.2) is 76.1 Å². The average Bonchev–Trinajstić information content (AvgIpc) is 2.81. The van der Waals surface area contributed by atoms with Gasteiger partial charge in [-0.1, -0.05) is 46.9 Å². The fourth-order valence-electron chi connectivity index (χ4n) is 3.90. The van der Waals surface area contributed by atoms with E-state index in [1.807, 2.05) is 0 Å². The summed E-state index contributed by atoms with van der Waals surface area (Å²) in [5.41, 5.74) is -0.558. The van der Waals surface area contributed by atoms with Crippen molar-refractivity contribution in [1.82, 2.24) is 15.5 Å². The SMILES string of the molecule is CC1C=C(C(=O)OCC(Cl)(Cl)Cl)N2C(=O)C(NC(=O)C(NC(=O)OC(C)(C)C)c3cccc(NS(C)(=O)=O)c3)[C@H]2S1. The summed E-state index contributed by atoms with van der Waals surface area (Å²) in [6.07, 6.45) is 1.59.